The Morgan fingerprint density at radius 2 is 2.16 bits per heavy atom. The molecule has 0 radical (unpaired) electrons. The summed E-state index contributed by atoms with van der Waals surface area (Å²) in [5.41, 5.74) is 2.04. The van der Waals surface area contributed by atoms with E-state index >= 15 is 0 Å². The first-order valence-electron chi connectivity index (χ1n) is 6.79. The maximum Gasteiger partial charge on any atom is 0.244 e. The van der Waals surface area contributed by atoms with E-state index in [0.29, 0.717) is 0 Å². The van der Waals surface area contributed by atoms with Crippen LogP contribution < -0.4 is 4.90 Å². The normalized spacial score (nSPS) is 22.9. The van der Waals surface area contributed by atoms with Crippen molar-refractivity contribution in [2.75, 3.05) is 18.0 Å². The average molecular weight is 258 g/mol. The van der Waals surface area contributed by atoms with Gasteiger partial charge in [0, 0.05) is 12.2 Å². The van der Waals surface area contributed by atoms with Crippen molar-refractivity contribution in [1.82, 2.24) is 4.90 Å². The van der Waals surface area contributed by atoms with E-state index in [9.17, 15) is 9.59 Å². The molecular formula is C15H18N2O2. The van der Waals surface area contributed by atoms with Crippen LogP contribution in [0.5, 0.6) is 0 Å². The number of para-hydroxylation sites is 1. The van der Waals surface area contributed by atoms with Gasteiger partial charge in [-0.05, 0) is 37.9 Å². The van der Waals surface area contributed by atoms with Crippen LogP contribution in [0.3, 0.4) is 0 Å². The fourth-order valence-corrected chi connectivity index (χ4v) is 3.11. The number of hydrogen-bond donors (Lipinski definition) is 0. The highest BCUT2D eigenvalue weighted by Gasteiger charge is 2.38. The number of benzene rings is 1. The molecule has 0 saturated carbocycles. The minimum Gasteiger partial charge on any atom is -0.303 e. The van der Waals surface area contributed by atoms with Crippen LogP contribution in [0.4, 0.5) is 5.69 Å². The molecule has 19 heavy (non-hydrogen) atoms. The summed E-state index contributed by atoms with van der Waals surface area (Å²) in [5.74, 6) is 0.104. The monoisotopic (exact) mass is 258 g/mol. The third-order valence-corrected chi connectivity index (χ3v) is 3.95. The Kier molecular flexibility index (Phi) is 3.11. The first-order chi connectivity index (χ1) is 9.16. The first kappa shape index (κ1) is 12.4. The minimum absolute atomic E-state index is 0.0228. The molecular weight excluding hydrogens is 240 g/mol. The summed E-state index contributed by atoms with van der Waals surface area (Å²) in [4.78, 5) is 28.0. The summed E-state index contributed by atoms with van der Waals surface area (Å²) in [6, 6.07) is 7.86. The SMILES string of the molecule is CC(=O)CN1C(=O)C2CCCN2Cc2ccccc21. The molecule has 0 N–H and O–H groups in total. The van der Waals surface area contributed by atoms with E-state index in [4.69, 9.17) is 0 Å². The Balaban J connectivity index is 2.04. The van der Waals surface area contributed by atoms with Crippen molar-refractivity contribution < 1.29 is 9.59 Å². The van der Waals surface area contributed by atoms with Crippen molar-refractivity contribution in [3.8, 4) is 0 Å². The Bertz CT molecular complexity index is 527. The molecule has 1 fully saturated rings. The third kappa shape index (κ3) is 2.16. The van der Waals surface area contributed by atoms with Crippen molar-refractivity contribution in [1.29, 1.82) is 0 Å². The van der Waals surface area contributed by atoms with E-state index in [0.717, 1.165) is 37.2 Å². The average Bonchev–Trinajstić information content (AvgIpc) is 2.80. The highest BCUT2D eigenvalue weighted by molar-refractivity contribution is 6.02. The Hall–Kier alpha value is -1.68. The van der Waals surface area contributed by atoms with Gasteiger partial charge in [-0.25, -0.2) is 0 Å². The molecule has 1 amide bonds. The van der Waals surface area contributed by atoms with Gasteiger partial charge in [0.15, 0.2) is 0 Å². The van der Waals surface area contributed by atoms with Crippen LogP contribution in [0, 0.1) is 0 Å². The Morgan fingerprint density at radius 3 is 2.95 bits per heavy atom. The number of nitrogens with zero attached hydrogens (tertiary/aromatic N) is 2. The van der Waals surface area contributed by atoms with Crippen LogP contribution >= 0.6 is 0 Å². The molecule has 4 heteroatoms. The zero-order valence-corrected chi connectivity index (χ0v) is 11.1. The molecule has 0 aliphatic carbocycles. The van der Waals surface area contributed by atoms with Crippen molar-refractivity contribution in [2.24, 2.45) is 0 Å². The molecule has 100 valence electrons. The molecule has 0 bridgehead atoms. The number of carbonyl (C=O) groups is 2. The first-order valence-corrected chi connectivity index (χ1v) is 6.79. The van der Waals surface area contributed by atoms with Crippen LogP contribution in [-0.4, -0.2) is 35.7 Å². The molecule has 1 aromatic carbocycles. The van der Waals surface area contributed by atoms with E-state index in [1.54, 1.807) is 4.90 Å². The molecule has 1 saturated heterocycles. The van der Waals surface area contributed by atoms with Crippen molar-refractivity contribution >= 4 is 17.4 Å². The molecule has 1 atom stereocenters. The smallest absolute Gasteiger partial charge is 0.244 e. The zero-order chi connectivity index (χ0) is 13.4. The van der Waals surface area contributed by atoms with Gasteiger partial charge < -0.3 is 4.90 Å². The largest absolute Gasteiger partial charge is 0.303 e. The summed E-state index contributed by atoms with van der Waals surface area (Å²) in [5, 5.41) is 0. The highest BCUT2D eigenvalue weighted by Crippen LogP contribution is 2.31. The second-order valence-electron chi connectivity index (χ2n) is 5.38. The molecule has 2 heterocycles. The van der Waals surface area contributed by atoms with Gasteiger partial charge in [-0.1, -0.05) is 18.2 Å². The van der Waals surface area contributed by atoms with Crippen molar-refractivity contribution in [2.45, 2.75) is 32.4 Å². The van der Waals surface area contributed by atoms with Crippen LogP contribution in [0.1, 0.15) is 25.3 Å². The van der Waals surface area contributed by atoms with Gasteiger partial charge in [0.25, 0.3) is 0 Å². The van der Waals surface area contributed by atoms with E-state index in [1.165, 1.54) is 6.92 Å². The lowest BCUT2D eigenvalue weighted by atomic mass is 10.1. The number of carbonyl (C=O) groups excluding carboxylic acids is 2. The molecule has 4 nitrogen and oxygen atoms in total. The second kappa shape index (κ2) is 4.78. The number of amides is 1. The molecule has 1 unspecified atom stereocenters. The number of rotatable bonds is 2. The fraction of sp³-hybridized carbons (Fsp3) is 0.467. The standard InChI is InChI=1S/C15H18N2O2/c1-11(18)9-17-13-6-3-2-5-12(13)10-16-8-4-7-14(16)15(17)19/h2-3,5-6,14H,4,7-10H2,1H3. The van der Waals surface area contributed by atoms with E-state index in [1.807, 2.05) is 18.2 Å². The van der Waals surface area contributed by atoms with Crippen LogP contribution in [0.2, 0.25) is 0 Å². The van der Waals surface area contributed by atoms with Gasteiger partial charge in [0.1, 0.15) is 5.78 Å². The number of hydrogen-bond acceptors (Lipinski definition) is 3. The maximum absolute atomic E-state index is 12.7. The molecule has 1 aromatic rings. The Labute approximate surface area is 113 Å². The van der Waals surface area contributed by atoms with Gasteiger partial charge in [-0.15, -0.1) is 0 Å². The molecule has 2 aliphatic heterocycles. The van der Waals surface area contributed by atoms with Gasteiger partial charge in [-0.2, -0.15) is 0 Å². The lowest BCUT2D eigenvalue weighted by Crippen LogP contribution is -2.44. The summed E-state index contributed by atoms with van der Waals surface area (Å²) in [7, 11) is 0. The summed E-state index contributed by atoms with van der Waals surface area (Å²) < 4.78 is 0. The number of fused-ring (bicyclic) bond motifs is 2. The maximum atomic E-state index is 12.7. The van der Waals surface area contributed by atoms with Gasteiger partial charge in [0.05, 0.1) is 12.6 Å². The van der Waals surface area contributed by atoms with Crippen molar-refractivity contribution in [3.05, 3.63) is 29.8 Å². The van der Waals surface area contributed by atoms with Gasteiger partial charge in [-0.3, -0.25) is 14.5 Å². The minimum atomic E-state index is -0.0493. The second-order valence-corrected chi connectivity index (χ2v) is 5.38. The predicted molar refractivity (Wildman–Crippen MR) is 72.9 cm³/mol. The molecule has 0 aromatic heterocycles. The summed E-state index contributed by atoms with van der Waals surface area (Å²) >= 11 is 0. The quantitative estimate of drug-likeness (QED) is 0.808. The molecule has 3 rings (SSSR count). The summed E-state index contributed by atoms with van der Waals surface area (Å²) in [6.07, 6.45) is 1.97. The van der Waals surface area contributed by atoms with E-state index in [-0.39, 0.29) is 24.3 Å². The zero-order valence-electron chi connectivity index (χ0n) is 11.1. The number of anilines is 1. The van der Waals surface area contributed by atoms with E-state index < -0.39 is 0 Å². The third-order valence-electron chi connectivity index (χ3n) is 3.95. The van der Waals surface area contributed by atoms with Gasteiger partial charge >= 0.3 is 0 Å². The molecule has 0 spiro atoms. The summed E-state index contributed by atoms with van der Waals surface area (Å²) in [6.45, 7) is 3.49. The van der Waals surface area contributed by atoms with Crippen LogP contribution in [0.25, 0.3) is 0 Å². The number of Topliss-reactive ketones (excluding diaryl/α,β-unsaturated/α-hetero) is 1. The van der Waals surface area contributed by atoms with Crippen LogP contribution in [-0.2, 0) is 16.1 Å². The van der Waals surface area contributed by atoms with Crippen LogP contribution in [0.15, 0.2) is 24.3 Å². The highest BCUT2D eigenvalue weighted by atomic mass is 16.2. The fourth-order valence-electron chi connectivity index (χ4n) is 3.11. The van der Waals surface area contributed by atoms with Gasteiger partial charge in [0.2, 0.25) is 5.91 Å². The van der Waals surface area contributed by atoms with E-state index in [2.05, 4.69) is 11.0 Å². The lowest BCUT2D eigenvalue weighted by Gasteiger charge is -2.25. The number of ketones is 1. The Morgan fingerprint density at radius 1 is 1.37 bits per heavy atom. The molecule has 2 aliphatic rings. The lowest BCUT2D eigenvalue weighted by molar-refractivity contribution is -0.124. The van der Waals surface area contributed by atoms with Crippen molar-refractivity contribution in [3.63, 3.8) is 0 Å². The topological polar surface area (TPSA) is 40.6 Å². The predicted octanol–water partition coefficient (Wildman–Crippen LogP) is 1.59.